The zero-order chi connectivity index (χ0) is 20.4. The molecule has 6 nitrogen and oxygen atoms in total. The first-order valence-corrected chi connectivity index (χ1v) is 9.24. The molecule has 4 rings (SSSR count). The zero-order valence-electron chi connectivity index (χ0n) is 15.8. The molecular weight excluding hydrogens is 390 g/mol. The van der Waals surface area contributed by atoms with Gasteiger partial charge in [0.1, 0.15) is 11.5 Å². The molecule has 0 spiro atoms. The summed E-state index contributed by atoms with van der Waals surface area (Å²) in [7, 11) is 3.01. The predicted octanol–water partition coefficient (Wildman–Crippen LogP) is 5.04. The molecule has 2 heterocycles. The van der Waals surface area contributed by atoms with Gasteiger partial charge in [0.15, 0.2) is 0 Å². The third kappa shape index (κ3) is 3.75. The van der Waals surface area contributed by atoms with Gasteiger partial charge in [0.2, 0.25) is 5.91 Å². The van der Waals surface area contributed by atoms with E-state index in [9.17, 15) is 4.79 Å². The average molecular weight is 408 g/mol. The maximum absolute atomic E-state index is 12.4. The number of amides is 1. The summed E-state index contributed by atoms with van der Waals surface area (Å²) in [5, 5.41) is 5.34. The number of ether oxygens (including phenoxy) is 2. The average Bonchev–Trinajstić information content (AvgIpc) is 3.11. The minimum absolute atomic E-state index is 0.325. The van der Waals surface area contributed by atoms with E-state index >= 15 is 0 Å². The van der Waals surface area contributed by atoms with E-state index in [1.54, 1.807) is 24.4 Å². The van der Waals surface area contributed by atoms with E-state index in [0.29, 0.717) is 27.9 Å². The standard InChI is InChI=1S/C22H18ClN3O3/c1-28-20-11-18(21(29-2)10-16(20)23)26-22(27)8-7-13-9-15-14-5-3-4-6-17(14)25-19(15)12-24-13/h3-12,25H,1-2H3,(H,26,27)/b8-7+. The van der Waals surface area contributed by atoms with Crippen LogP contribution in [-0.4, -0.2) is 30.1 Å². The number of rotatable bonds is 5. The minimum Gasteiger partial charge on any atom is -0.495 e. The van der Waals surface area contributed by atoms with E-state index in [4.69, 9.17) is 21.1 Å². The Balaban J connectivity index is 1.58. The number of nitrogens with zero attached hydrogens (tertiary/aromatic N) is 1. The van der Waals surface area contributed by atoms with Gasteiger partial charge in [-0.2, -0.15) is 0 Å². The fourth-order valence-electron chi connectivity index (χ4n) is 3.15. The van der Waals surface area contributed by atoms with E-state index in [1.807, 2.05) is 24.3 Å². The number of benzene rings is 2. The van der Waals surface area contributed by atoms with Gasteiger partial charge in [-0.1, -0.05) is 29.8 Å². The number of aromatic amines is 1. The quantitative estimate of drug-likeness (QED) is 0.454. The summed E-state index contributed by atoms with van der Waals surface area (Å²) in [6, 6.07) is 13.2. The van der Waals surface area contributed by atoms with Crippen LogP contribution < -0.4 is 14.8 Å². The second-order valence-corrected chi connectivity index (χ2v) is 6.74. The van der Waals surface area contributed by atoms with Gasteiger partial charge in [0, 0.05) is 34.5 Å². The number of halogens is 1. The number of anilines is 1. The fourth-order valence-corrected chi connectivity index (χ4v) is 3.38. The summed E-state index contributed by atoms with van der Waals surface area (Å²) in [5.74, 6) is 0.558. The van der Waals surface area contributed by atoms with Gasteiger partial charge in [-0.25, -0.2) is 0 Å². The van der Waals surface area contributed by atoms with Crippen LogP contribution in [0.1, 0.15) is 5.69 Å². The molecule has 0 atom stereocenters. The van der Waals surface area contributed by atoms with Crippen LogP contribution in [0.25, 0.3) is 27.9 Å². The number of fused-ring (bicyclic) bond motifs is 3. The third-order valence-corrected chi connectivity index (χ3v) is 4.84. The first-order valence-electron chi connectivity index (χ1n) is 8.86. The Morgan fingerprint density at radius 2 is 1.86 bits per heavy atom. The summed E-state index contributed by atoms with van der Waals surface area (Å²) in [5.41, 5.74) is 3.14. The second-order valence-electron chi connectivity index (χ2n) is 6.33. The van der Waals surface area contributed by atoms with Gasteiger partial charge in [-0.3, -0.25) is 9.78 Å². The smallest absolute Gasteiger partial charge is 0.248 e. The fraction of sp³-hybridized carbons (Fsp3) is 0.0909. The number of methoxy groups -OCH3 is 2. The molecule has 2 N–H and O–H groups in total. The molecular formula is C22H18ClN3O3. The molecule has 4 aromatic rings. The van der Waals surface area contributed by atoms with Crippen molar-refractivity contribution in [2.45, 2.75) is 0 Å². The van der Waals surface area contributed by atoms with Crippen LogP contribution in [0.3, 0.4) is 0 Å². The van der Waals surface area contributed by atoms with Gasteiger partial charge in [0.05, 0.1) is 42.3 Å². The Bertz CT molecular complexity index is 1250. The first kappa shape index (κ1) is 18.8. The van der Waals surface area contributed by atoms with E-state index in [1.165, 1.54) is 20.3 Å². The van der Waals surface area contributed by atoms with E-state index in [-0.39, 0.29) is 5.91 Å². The molecule has 2 aromatic carbocycles. The lowest BCUT2D eigenvalue weighted by molar-refractivity contribution is -0.111. The normalized spacial score (nSPS) is 11.3. The van der Waals surface area contributed by atoms with E-state index in [2.05, 4.69) is 21.4 Å². The highest BCUT2D eigenvalue weighted by Crippen LogP contribution is 2.35. The molecule has 0 aliphatic heterocycles. The maximum Gasteiger partial charge on any atom is 0.248 e. The van der Waals surface area contributed by atoms with Crippen molar-refractivity contribution in [2.24, 2.45) is 0 Å². The van der Waals surface area contributed by atoms with Crippen LogP contribution in [0.4, 0.5) is 5.69 Å². The van der Waals surface area contributed by atoms with Crippen molar-refractivity contribution in [1.82, 2.24) is 9.97 Å². The lowest BCUT2D eigenvalue weighted by Gasteiger charge is -2.12. The number of H-pyrrole nitrogens is 1. The van der Waals surface area contributed by atoms with Crippen molar-refractivity contribution < 1.29 is 14.3 Å². The molecule has 0 unspecified atom stereocenters. The van der Waals surface area contributed by atoms with Crippen LogP contribution in [0, 0.1) is 0 Å². The monoisotopic (exact) mass is 407 g/mol. The number of aromatic nitrogens is 2. The molecule has 7 heteroatoms. The topological polar surface area (TPSA) is 76.2 Å². The molecule has 2 aromatic heterocycles. The number of pyridine rings is 1. The Morgan fingerprint density at radius 3 is 2.66 bits per heavy atom. The van der Waals surface area contributed by atoms with E-state index in [0.717, 1.165) is 21.8 Å². The molecule has 29 heavy (non-hydrogen) atoms. The van der Waals surface area contributed by atoms with E-state index < -0.39 is 0 Å². The molecule has 146 valence electrons. The van der Waals surface area contributed by atoms with Crippen LogP contribution >= 0.6 is 11.6 Å². The minimum atomic E-state index is -0.325. The molecule has 0 aliphatic carbocycles. The van der Waals surface area contributed by atoms with Crippen LogP contribution in [0.15, 0.2) is 54.7 Å². The Morgan fingerprint density at radius 1 is 1.07 bits per heavy atom. The summed E-state index contributed by atoms with van der Waals surface area (Å²) in [6.45, 7) is 0. The second kappa shape index (κ2) is 7.85. The van der Waals surface area contributed by atoms with Crippen LogP contribution in [0.5, 0.6) is 11.5 Å². The number of para-hydroxylation sites is 1. The van der Waals surface area contributed by atoms with Gasteiger partial charge < -0.3 is 19.8 Å². The summed E-state index contributed by atoms with van der Waals surface area (Å²) in [6.07, 6.45) is 4.85. The van der Waals surface area contributed by atoms with Crippen molar-refractivity contribution in [3.8, 4) is 11.5 Å². The summed E-state index contributed by atoms with van der Waals surface area (Å²) < 4.78 is 10.5. The van der Waals surface area contributed by atoms with Crippen LogP contribution in [-0.2, 0) is 4.79 Å². The number of carbonyl (C=O) groups excluding carboxylic acids is 1. The van der Waals surface area contributed by atoms with Crippen molar-refractivity contribution in [2.75, 3.05) is 19.5 Å². The van der Waals surface area contributed by atoms with Crippen molar-refractivity contribution in [3.63, 3.8) is 0 Å². The lowest BCUT2D eigenvalue weighted by atomic mass is 10.1. The zero-order valence-corrected chi connectivity index (χ0v) is 16.6. The SMILES string of the molecule is COc1cc(NC(=O)/C=C/c2cc3c(cn2)[nH]c2ccccc23)c(OC)cc1Cl. The molecule has 0 radical (unpaired) electrons. The highest BCUT2D eigenvalue weighted by atomic mass is 35.5. The summed E-state index contributed by atoms with van der Waals surface area (Å²) in [4.78, 5) is 20.1. The Kier molecular flexibility index (Phi) is 5.10. The molecule has 1 amide bonds. The molecule has 0 saturated carbocycles. The molecule has 0 fully saturated rings. The predicted molar refractivity (Wildman–Crippen MR) is 116 cm³/mol. The van der Waals surface area contributed by atoms with Gasteiger partial charge in [-0.15, -0.1) is 0 Å². The number of hydrogen-bond acceptors (Lipinski definition) is 4. The first-order chi connectivity index (χ1) is 14.1. The van der Waals surface area contributed by atoms with Crippen molar-refractivity contribution in [3.05, 3.63) is 65.5 Å². The number of hydrogen-bond donors (Lipinski definition) is 2. The molecule has 0 saturated heterocycles. The number of carbonyl (C=O) groups is 1. The molecule has 0 aliphatic rings. The van der Waals surface area contributed by atoms with Gasteiger partial charge in [-0.05, 0) is 18.2 Å². The summed E-state index contributed by atoms with van der Waals surface area (Å²) >= 11 is 6.10. The third-order valence-electron chi connectivity index (χ3n) is 4.55. The Hall–Kier alpha value is -3.51. The van der Waals surface area contributed by atoms with Crippen molar-refractivity contribution in [1.29, 1.82) is 0 Å². The van der Waals surface area contributed by atoms with Gasteiger partial charge in [0.25, 0.3) is 0 Å². The van der Waals surface area contributed by atoms with Crippen LogP contribution in [0.2, 0.25) is 5.02 Å². The highest BCUT2D eigenvalue weighted by Gasteiger charge is 2.11. The lowest BCUT2D eigenvalue weighted by Crippen LogP contribution is -2.09. The Labute approximate surface area is 172 Å². The highest BCUT2D eigenvalue weighted by molar-refractivity contribution is 6.32. The van der Waals surface area contributed by atoms with Gasteiger partial charge >= 0.3 is 0 Å². The molecule has 0 bridgehead atoms. The maximum atomic E-state index is 12.4. The van der Waals surface area contributed by atoms with Crippen molar-refractivity contribution >= 4 is 51.1 Å². The largest absolute Gasteiger partial charge is 0.495 e. The number of nitrogens with one attached hydrogen (secondary N) is 2.